The van der Waals surface area contributed by atoms with E-state index in [0.717, 1.165) is 12.8 Å². The van der Waals surface area contributed by atoms with E-state index in [1.54, 1.807) is 14.0 Å². The van der Waals surface area contributed by atoms with Gasteiger partial charge in [-0.25, -0.2) is 0 Å². The molecule has 5 heteroatoms. The zero-order chi connectivity index (χ0) is 13.3. The maximum Gasteiger partial charge on any atom is 0.303 e. The van der Waals surface area contributed by atoms with Crippen LogP contribution < -0.4 is 0 Å². The third kappa shape index (κ3) is 7.74. The zero-order valence-corrected chi connectivity index (χ0v) is 10.9. The molecule has 0 bridgehead atoms. The lowest BCUT2D eigenvalue weighted by molar-refractivity contribution is -0.142. The number of aliphatic carboxylic acids is 1. The van der Waals surface area contributed by atoms with E-state index in [4.69, 9.17) is 9.84 Å². The van der Waals surface area contributed by atoms with E-state index in [2.05, 4.69) is 6.92 Å². The van der Waals surface area contributed by atoms with Crippen LogP contribution in [-0.4, -0.2) is 48.2 Å². The van der Waals surface area contributed by atoms with E-state index in [0.29, 0.717) is 19.6 Å². The van der Waals surface area contributed by atoms with Gasteiger partial charge in [0.2, 0.25) is 0 Å². The third-order valence-electron chi connectivity index (χ3n) is 2.47. The topological polar surface area (TPSA) is 66.8 Å². The highest BCUT2D eigenvalue weighted by Crippen LogP contribution is 2.01. The summed E-state index contributed by atoms with van der Waals surface area (Å²) in [5, 5.41) is 8.49. The van der Waals surface area contributed by atoms with Crippen LogP contribution in [0.1, 0.15) is 39.5 Å². The van der Waals surface area contributed by atoms with Crippen molar-refractivity contribution in [3.05, 3.63) is 0 Å². The van der Waals surface area contributed by atoms with Crippen molar-refractivity contribution in [3.63, 3.8) is 0 Å². The maximum atomic E-state index is 11.8. The molecule has 0 radical (unpaired) electrons. The molecule has 0 aromatic carbocycles. The number of unbranched alkanes of at least 4 members (excludes halogenated alkanes) is 1. The second-order valence-electron chi connectivity index (χ2n) is 4.12. The fourth-order valence-electron chi connectivity index (χ4n) is 1.36. The first-order chi connectivity index (χ1) is 7.99. The highest BCUT2D eigenvalue weighted by Gasteiger charge is 2.17. The summed E-state index contributed by atoms with van der Waals surface area (Å²) in [6.45, 7) is 4.83. The summed E-state index contributed by atoms with van der Waals surface area (Å²) < 4.78 is 5.39. The predicted octanol–water partition coefficient (Wildman–Crippen LogP) is 1.51. The number of ether oxygens (including phenoxy) is 1. The molecule has 1 amide bonds. The Morgan fingerprint density at radius 2 is 2.00 bits per heavy atom. The van der Waals surface area contributed by atoms with Gasteiger partial charge in [0.25, 0.3) is 5.91 Å². The van der Waals surface area contributed by atoms with Gasteiger partial charge in [-0.1, -0.05) is 13.3 Å². The average Bonchev–Trinajstić information content (AvgIpc) is 2.27. The van der Waals surface area contributed by atoms with Crippen LogP contribution in [-0.2, 0) is 14.3 Å². The number of carbonyl (C=O) groups excluding carboxylic acids is 1. The second kappa shape index (κ2) is 8.98. The molecular formula is C12H23NO4. The molecule has 0 heterocycles. The van der Waals surface area contributed by atoms with Crippen molar-refractivity contribution >= 4 is 11.9 Å². The molecule has 0 aliphatic carbocycles. The van der Waals surface area contributed by atoms with Crippen molar-refractivity contribution in [2.75, 3.05) is 20.2 Å². The van der Waals surface area contributed by atoms with Crippen molar-refractivity contribution in [1.82, 2.24) is 4.90 Å². The molecule has 100 valence electrons. The first kappa shape index (κ1) is 15.9. The van der Waals surface area contributed by atoms with Crippen LogP contribution in [0.2, 0.25) is 0 Å². The second-order valence-corrected chi connectivity index (χ2v) is 4.12. The van der Waals surface area contributed by atoms with Crippen LogP contribution >= 0.6 is 0 Å². The number of hydrogen-bond acceptors (Lipinski definition) is 3. The molecule has 1 unspecified atom stereocenters. The van der Waals surface area contributed by atoms with Gasteiger partial charge in [0, 0.05) is 26.6 Å². The SMILES string of the molecule is CCCCOC(C)C(=O)N(C)CCCC(=O)O. The minimum absolute atomic E-state index is 0.0860. The summed E-state index contributed by atoms with van der Waals surface area (Å²) in [7, 11) is 1.67. The van der Waals surface area contributed by atoms with E-state index < -0.39 is 12.1 Å². The minimum atomic E-state index is -0.835. The quantitative estimate of drug-likeness (QED) is 0.625. The van der Waals surface area contributed by atoms with Gasteiger partial charge in [-0.05, 0) is 19.8 Å². The number of likely N-dealkylation sites (N-methyl/N-ethyl adjacent to an activating group) is 1. The van der Waals surface area contributed by atoms with Gasteiger partial charge >= 0.3 is 5.97 Å². The summed E-state index contributed by atoms with van der Waals surface area (Å²) in [5.41, 5.74) is 0. The Hall–Kier alpha value is -1.10. The Kier molecular flexibility index (Phi) is 8.40. The molecule has 0 saturated carbocycles. The van der Waals surface area contributed by atoms with Gasteiger partial charge in [0.1, 0.15) is 6.10 Å². The molecule has 0 fully saturated rings. The summed E-state index contributed by atoms with van der Waals surface area (Å²) in [6, 6.07) is 0. The molecule has 0 aliphatic heterocycles. The minimum Gasteiger partial charge on any atom is -0.481 e. The maximum absolute atomic E-state index is 11.8. The summed E-state index contributed by atoms with van der Waals surface area (Å²) in [6.07, 6.45) is 2.09. The largest absolute Gasteiger partial charge is 0.481 e. The molecule has 1 atom stereocenters. The first-order valence-electron chi connectivity index (χ1n) is 6.07. The number of carboxylic acids is 1. The van der Waals surface area contributed by atoms with Crippen molar-refractivity contribution in [3.8, 4) is 0 Å². The molecule has 0 spiro atoms. The molecule has 0 saturated heterocycles. The first-order valence-corrected chi connectivity index (χ1v) is 6.07. The zero-order valence-electron chi connectivity index (χ0n) is 10.9. The Morgan fingerprint density at radius 1 is 1.35 bits per heavy atom. The van der Waals surface area contributed by atoms with E-state index in [-0.39, 0.29) is 12.3 Å². The van der Waals surface area contributed by atoms with Crippen molar-refractivity contribution in [2.45, 2.75) is 45.6 Å². The van der Waals surface area contributed by atoms with Gasteiger partial charge in [-0.15, -0.1) is 0 Å². The van der Waals surface area contributed by atoms with Crippen molar-refractivity contribution < 1.29 is 19.4 Å². The molecule has 0 rings (SSSR count). The smallest absolute Gasteiger partial charge is 0.303 e. The number of rotatable bonds is 9. The molecule has 17 heavy (non-hydrogen) atoms. The molecule has 5 nitrogen and oxygen atoms in total. The third-order valence-corrected chi connectivity index (χ3v) is 2.47. The Labute approximate surface area is 103 Å². The van der Waals surface area contributed by atoms with Crippen LogP contribution in [0.3, 0.4) is 0 Å². The summed E-state index contributed by atoms with van der Waals surface area (Å²) in [5.74, 6) is -0.926. The van der Waals surface area contributed by atoms with E-state index in [9.17, 15) is 9.59 Å². The molecular weight excluding hydrogens is 222 g/mol. The predicted molar refractivity (Wildman–Crippen MR) is 64.8 cm³/mol. The molecule has 0 aliphatic rings. The normalized spacial score (nSPS) is 12.2. The lowest BCUT2D eigenvalue weighted by Crippen LogP contribution is -2.37. The monoisotopic (exact) mass is 245 g/mol. The van der Waals surface area contributed by atoms with Crippen molar-refractivity contribution in [1.29, 1.82) is 0 Å². The highest BCUT2D eigenvalue weighted by atomic mass is 16.5. The van der Waals surface area contributed by atoms with Crippen LogP contribution in [0.25, 0.3) is 0 Å². The van der Waals surface area contributed by atoms with Gasteiger partial charge in [-0.2, -0.15) is 0 Å². The Bertz CT molecular complexity index is 243. The standard InChI is InChI=1S/C12H23NO4/c1-4-5-9-17-10(2)12(16)13(3)8-6-7-11(14)15/h10H,4-9H2,1-3H3,(H,14,15). The van der Waals surface area contributed by atoms with Crippen LogP contribution in [0.15, 0.2) is 0 Å². The summed E-state index contributed by atoms with van der Waals surface area (Å²) >= 11 is 0. The molecule has 0 aromatic heterocycles. The van der Waals surface area contributed by atoms with Gasteiger partial charge in [-0.3, -0.25) is 9.59 Å². The average molecular weight is 245 g/mol. The molecule has 1 N–H and O–H groups in total. The van der Waals surface area contributed by atoms with Crippen LogP contribution in [0.4, 0.5) is 0 Å². The van der Waals surface area contributed by atoms with E-state index in [1.165, 1.54) is 4.90 Å². The lowest BCUT2D eigenvalue weighted by atomic mass is 10.2. The number of hydrogen-bond donors (Lipinski definition) is 1. The van der Waals surface area contributed by atoms with Crippen LogP contribution in [0.5, 0.6) is 0 Å². The lowest BCUT2D eigenvalue weighted by Gasteiger charge is -2.21. The number of carbonyl (C=O) groups is 2. The van der Waals surface area contributed by atoms with Gasteiger partial charge < -0.3 is 14.7 Å². The number of carboxylic acid groups (broad SMARTS) is 1. The van der Waals surface area contributed by atoms with Crippen LogP contribution in [0, 0.1) is 0 Å². The number of amides is 1. The Balaban J connectivity index is 3.81. The van der Waals surface area contributed by atoms with Crippen molar-refractivity contribution in [2.24, 2.45) is 0 Å². The summed E-state index contributed by atoms with van der Waals surface area (Å²) in [4.78, 5) is 23.6. The van der Waals surface area contributed by atoms with E-state index >= 15 is 0 Å². The van der Waals surface area contributed by atoms with Gasteiger partial charge in [0.05, 0.1) is 0 Å². The van der Waals surface area contributed by atoms with Gasteiger partial charge in [0.15, 0.2) is 0 Å². The highest BCUT2D eigenvalue weighted by molar-refractivity contribution is 5.80. The fraction of sp³-hybridized carbons (Fsp3) is 0.833. The molecule has 0 aromatic rings. The Morgan fingerprint density at radius 3 is 2.53 bits per heavy atom. The van der Waals surface area contributed by atoms with E-state index in [1.807, 2.05) is 0 Å². The fourth-order valence-corrected chi connectivity index (χ4v) is 1.36. The number of nitrogens with zero attached hydrogens (tertiary/aromatic N) is 1.